The SMILES string of the molecule is CCOC(=O)Nc1ccc2c(CSc3nc(N)c4c(C)c(C)sc4n3)cc(=O)oc2c1. The van der Waals surface area contributed by atoms with Gasteiger partial charge < -0.3 is 14.9 Å². The lowest BCUT2D eigenvalue weighted by molar-refractivity contribution is 0.168. The average Bonchev–Trinajstić information content (AvgIpc) is 3.00. The van der Waals surface area contributed by atoms with Crippen molar-refractivity contribution in [3.8, 4) is 0 Å². The van der Waals surface area contributed by atoms with Crippen LogP contribution < -0.4 is 16.7 Å². The van der Waals surface area contributed by atoms with Crippen molar-refractivity contribution in [1.82, 2.24) is 9.97 Å². The Labute approximate surface area is 185 Å². The third-order valence-corrected chi connectivity index (χ3v) is 6.74. The molecule has 4 aromatic rings. The number of ether oxygens (including phenoxy) is 1. The summed E-state index contributed by atoms with van der Waals surface area (Å²) in [5, 5.41) is 4.81. The van der Waals surface area contributed by atoms with E-state index in [0.717, 1.165) is 31.6 Å². The molecule has 0 saturated carbocycles. The van der Waals surface area contributed by atoms with Gasteiger partial charge in [0, 0.05) is 33.8 Å². The number of thioether (sulfide) groups is 1. The van der Waals surface area contributed by atoms with E-state index in [1.165, 1.54) is 17.8 Å². The highest BCUT2D eigenvalue weighted by molar-refractivity contribution is 7.98. The number of aromatic nitrogens is 2. The lowest BCUT2D eigenvalue weighted by Gasteiger charge is -2.08. The Morgan fingerprint density at radius 2 is 2.10 bits per heavy atom. The van der Waals surface area contributed by atoms with Crippen molar-refractivity contribution in [2.24, 2.45) is 0 Å². The fraction of sp³-hybridized carbons (Fsp3) is 0.238. The van der Waals surface area contributed by atoms with Crippen LogP contribution in [-0.4, -0.2) is 22.7 Å². The van der Waals surface area contributed by atoms with E-state index in [1.807, 2.05) is 13.8 Å². The minimum atomic E-state index is -0.569. The normalized spacial score (nSPS) is 11.2. The second-order valence-electron chi connectivity index (χ2n) is 6.79. The second-order valence-corrected chi connectivity index (χ2v) is 8.94. The third kappa shape index (κ3) is 4.35. The van der Waals surface area contributed by atoms with E-state index in [4.69, 9.17) is 14.9 Å². The Balaban J connectivity index is 1.62. The molecule has 10 heteroatoms. The fourth-order valence-corrected chi connectivity index (χ4v) is 5.12. The van der Waals surface area contributed by atoms with Gasteiger partial charge in [-0.25, -0.2) is 19.6 Å². The van der Waals surface area contributed by atoms with Gasteiger partial charge in [-0.2, -0.15) is 0 Å². The largest absolute Gasteiger partial charge is 0.450 e. The highest BCUT2D eigenvalue weighted by Gasteiger charge is 2.14. The molecule has 160 valence electrons. The maximum Gasteiger partial charge on any atom is 0.411 e. The van der Waals surface area contributed by atoms with Crippen LogP contribution in [0.25, 0.3) is 21.2 Å². The number of carbonyl (C=O) groups excluding carboxylic acids is 1. The molecule has 0 aliphatic rings. The van der Waals surface area contributed by atoms with Crippen molar-refractivity contribution in [2.45, 2.75) is 31.7 Å². The van der Waals surface area contributed by atoms with Crippen LogP contribution in [0, 0.1) is 13.8 Å². The molecule has 0 atom stereocenters. The summed E-state index contributed by atoms with van der Waals surface area (Å²) in [7, 11) is 0. The van der Waals surface area contributed by atoms with E-state index in [0.29, 0.717) is 28.0 Å². The minimum absolute atomic E-state index is 0.263. The van der Waals surface area contributed by atoms with Gasteiger partial charge in [0.25, 0.3) is 0 Å². The van der Waals surface area contributed by atoms with Crippen molar-refractivity contribution >= 4 is 61.9 Å². The van der Waals surface area contributed by atoms with Gasteiger partial charge in [0.1, 0.15) is 16.2 Å². The first-order chi connectivity index (χ1) is 14.9. The molecule has 8 nitrogen and oxygen atoms in total. The van der Waals surface area contributed by atoms with E-state index in [9.17, 15) is 9.59 Å². The van der Waals surface area contributed by atoms with Gasteiger partial charge >= 0.3 is 11.7 Å². The van der Waals surface area contributed by atoms with Crippen LogP contribution in [0.3, 0.4) is 0 Å². The van der Waals surface area contributed by atoms with Gasteiger partial charge in [-0.15, -0.1) is 11.3 Å². The number of nitrogens with two attached hydrogens (primary N) is 1. The van der Waals surface area contributed by atoms with E-state index in [2.05, 4.69) is 15.3 Å². The smallest absolute Gasteiger partial charge is 0.411 e. The summed E-state index contributed by atoms with van der Waals surface area (Å²) in [6.45, 7) is 6.03. The molecule has 1 aromatic carbocycles. The highest BCUT2D eigenvalue weighted by atomic mass is 32.2. The molecule has 0 saturated heterocycles. The monoisotopic (exact) mass is 456 g/mol. The van der Waals surface area contributed by atoms with Gasteiger partial charge in [-0.1, -0.05) is 11.8 Å². The van der Waals surface area contributed by atoms with E-state index in [-0.39, 0.29) is 6.61 Å². The van der Waals surface area contributed by atoms with Gasteiger partial charge in [-0.3, -0.25) is 5.32 Å². The summed E-state index contributed by atoms with van der Waals surface area (Å²) in [4.78, 5) is 34.8. The fourth-order valence-electron chi connectivity index (χ4n) is 3.18. The number of carbonyl (C=O) groups is 1. The van der Waals surface area contributed by atoms with Gasteiger partial charge in [0.2, 0.25) is 0 Å². The summed E-state index contributed by atoms with van der Waals surface area (Å²) in [5.41, 5.74) is 8.42. The molecule has 0 aliphatic heterocycles. The maximum atomic E-state index is 12.1. The standard InChI is InChI=1S/C21H20N4O4S2/c1-4-28-21(27)23-13-5-6-14-12(7-16(26)29-15(14)8-13)9-30-20-24-18(22)17-10(2)11(3)31-19(17)25-20/h5-8H,4,9H2,1-3H3,(H,23,27)(H2,22,24,25). The lowest BCUT2D eigenvalue weighted by atomic mass is 10.1. The first-order valence-electron chi connectivity index (χ1n) is 9.52. The quantitative estimate of drug-likeness (QED) is 0.248. The van der Waals surface area contributed by atoms with Crippen molar-refractivity contribution in [1.29, 1.82) is 0 Å². The number of hydrogen-bond acceptors (Lipinski definition) is 9. The molecule has 4 rings (SSSR count). The number of amides is 1. The van der Waals surface area contributed by atoms with Crippen molar-refractivity contribution < 1.29 is 13.9 Å². The summed E-state index contributed by atoms with van der Waals surface area (Å²) >= 11 is 2.99. The van der Waals surface area contributed by atoms with E-state index < -0.39 is 11.7 Å². The Morgan fingerprint density at radius 1 is 1.29 bits per heavy atom. The number of anilines is 2. The third-order valence-electron chi connectivity index (χ3n) is 4.74. The molecular weight excluding hydrogens is 436 g/mol. The van der Waals surface area contributed by atoms with Crippen LogP contribution in [0.4, 0.5) is 16.3 Å². The zero-order valence-corrected chi connectivity index (χ0v) is 18.8. The Hall–Kier alpha value is -3.11. The first-order valence-corrected chi connectivity index (χ1v) is 11.3. The molecule has 0 radical (unpaired) electrons. The molecule has 3 N–H and O–H groups in total. The number of benzene rings is 1. The molecule has 31 heavy (non-hydrogen) atoms. The summed E-state index contributed by atoms with van der Waals surface area (Å²) in [6, 6.07) is 6.57. The Bertz CT molecular complexity index is 1360. The van der Waals surface area contributed by atoms with Gasteiger partial charge in [0.05, 0.1) is 12.0 Å². The average molecular weight is 457 g/mol. The molecule has 0 fully saturated rings. The topological polar surface area (TPSA) is 120 Å². The number of thiophene rings is 1. The van der Waals surface area contributed by atoms with Crippen LogP contribution in [0.1, 0.15) is 22.9 Å². The Kier molecular flexibility index (Phi) is 5.84. The molecule has 3 heterocycles. The lowest BCUT2D eigenvalue weighted by Crippen LogP contribution is -2.13. The zero-order chi connectivity index (χ0) is 22.1. The summed E-state index contributed by atoms with van der Waals surface area (Å²) < 4.78 is 10.2. The number of fused-ring (bicyclic) bond motifs is 2. The zero-order valence-electron chi connectivity index (χ0n) is 17.1. The van der Waals surface area contributed by atoms with Crippen LogP contribution in [0.5, 0.6) is 0 Å². The van der Waals surface area contributed by atoms with Crippen LogP contribution in [0.15, 0.2) is 38.6 Å². The van der Waals surface area contributed by atoms with E-state index in [1.54, 1.807) is 36.5 Å². The predicted molar refractivity (Wildman–Crippen MR) is 124 cm³/mol. The van der Waals surface area contributed by atoms with Crippen LogP contribution in [-0.2, 0) is 10.5 Å². The van der Waals surface area contributed by atoms with E-state index >= 15 is 0 Å². The number of nitrogen functional groups attached to an aromatic ring is 1. The summed E-state index contributed by atoms with van der Waals surface area (Å²) in [6.07, 6.45) is -0.569. The molecule has 0 spiro atoms. The number of nitrogens with zero attached hydrogens (tertiary/aromatic N) is 2. The number of aryl methyl sites for hydroxylation is 2. The molecule has 0 aliphatic carbocycles. The molecule has 0 unspecified atom stereocenters. The summed E-state index contributed by atoms with van der Waals surface area (Å²) in [5.74, 6) is 0.919. The van der Waals surface area contributed by atoms with Gasteiger partial charge in [-0.05, 0) is 44.0 Å². The van der Waals surface area contributed by atoms with Crippen LogP contribution in [0.2, 0.25) is 0 Å². The van der Waals surface area contributed by atoms with Crippen molar-refractivity contribution in [2.75, 3.05) is 17.7 Å². The van der Waals surface area contributed by atoms with Crippen molar-refractivity contribution in [3.05, 3.63) is 50.7 Å². The maximum absolute atomic E-state index is 12.1. The van der Waals surface area contributed by atoms with Gasteiger partial charge in [0.15, 0.2) is 5.16 Å². The molecule has 0 bridgehead atoms. The first kappa shape index (κ1) is 21.1. The molecular formula is C21H20N4O4S2. The number of hydrogen-bond donors (Lipinski definition) is 2. The number of nitrogens with one attached hydrogen (secondary N) is 1. The molecule has 1 amide bonds. The second kappa shape index (κ2) is 8.56. The predicted octanol–water partition coefficient (Wildman–Crippen LogP) is 4.86. The Morgan fingerprint density at radius 3 is 2.87 bits per heavy atom. The number of rotatable bonds is 5. The molecule has 3 aromatic heterocycles. The van der Waals surface area contributed by atoms with Crippen molar-refractivity contribution in [3.63, 3.8) is 0 Å². The van der Waals surface area contributed by atoms with Crippen LogP contribution >= 0.6 is 23.1 Å². The highest BCUT2D eigenvalue weighted by Crippen LogP contribution is 2.34. The minimum Gasteiger partial charge on any atom is -0.450 e.